The molecular weight excluding hydrogens is 562 g/mol. The van der Waals surface area contributed by atoms with Gasteiger partial charge in [0.05, 0.1) is 11.3 Å². The molecule has 0 radical (unpaired) electrons. The number of piperazine rings is 1. The van der Waals surface area contributed by atoms with Gasteiger partial charge in [0, 0.05) is 42.4 Å². The average Bonchev–Trinajstić information content (AvgIpc) is 3.29. The molecule has 1 fully saturated rings. The third-order valence-electron chi connectivity index (χ3n) is 5.60. The first-order valence-electron chi connectivity index (χ1n) is 12.2. The molecule has 0 bridgehead atoms. The zero-order valence-electron chi connectivity index (χ0n) is 22.2. The van der Waals surface area contributed by atoms with Gasteiger partial charge in [-0.2, -0.15) is 4.68 Å². The Morgan fingerprint density at radius 2 is 1.66 bits per heavy atom. The molecule has 1 N–H and O–H groups in total. The van der Waals surface area contributed by atoms with Crippen molar-refractivity contribution in [1.29, 1.82) is 0 Å². The predicted molar refractivity (Wildman–Crippen MR) is 143 cm³/mol. The monoisotopic (exact) mass is 592 g/mol. The van der Waals surface area contributed by atoms with Gasteiger partial charge in [0.25, 0.3) is 0 Å². The van der Waals surface area contributed by atoms with Crippen LogP contribution in [0.25, 0.3) is 17.1 Å². The summed E-state index contributed by atoms with van der Waals surface area (Å²) >= 11 is 3.41. The van der Waals surface area contributed by atoms with Crippen molar-refractivity contribution >= 4 is 33.5 Å². The van der Waals surface area contributed by atoms with Gasteiger partial charge >= 0.3 is 6.09 Å². The van der Waals surface area contributed by atoms with E-state index in [0.29, 0.717) is 42.0 Å². The van der Waals surface area contributed by atoms with Gasteiger partial charge in [0.15, 0.2) is 17.5 Å². The molecule has 1 aromatic carbocycles. The van der Waals surface area contributed by atoms with E-state index in [-0.39, 0.29) is 22.7 Å². The number of carbonyl (C=O) groups excluding carboxylic acids is 1. The van der Waals surface area contributed by atoms with Crippen LogP contribution in [0.15, 0.2) is 28.9 Å². The number of halogens is 3. The molecule has 0 aliphatic carbocycles. The number of aromatic nitrogens is 5. The summed E-state index contributed by atoms with van der Waals surface area (Å²) in [5, 5.41) is 15.0. The van der Waals surface area contributed by atoms with Gasteiger partial charge in [-0.1, -0.05) is 0 Å². The van der Waals surface area contributed by atoms with Gasteiger partial charge in [-0.25, -0.2) is 18.6 Å². The molecule has 0 spiro atoms. The quantitative estimate of drug-likeness (QED) is 0.450. The summed E-state index contributed by atoms with van der Waals surface area (Å²) in [4.78, 5) is 20.0. The average molecular weight is 593 g/mol. The van der Waals surface area contributed by atoms with E-state index < -0.39 is 23.3 Å². The van der Waals surface area contributed by atoms with Crippen LogP contribution in [-0.4, -0.2) is 73.5 Å². The molecule has 38 heavy (non-hydrogen) atoms. The highest BCUT2D eigenvalue weighted by Crippen LogP contribution is 2.33. The van der Waals surface area contributed by atoms with E-state index >= 15 is 8.78 Å². The smallest absolute Gasteiger partial charge is 0.410 e. The molecule has 4 rings (SSSR count). The summed E-state index contributed by atoms with van der Waals surface area (Å²) in [5.74, 6) is -1.41. The molecule has 1 aliphatic rings. The Kier molecular flexibility index (Phi) is 7.60. The maximum Gasteiger partial charge on any atom is 0.410 e. The Morgan fingerprint density at radius 3 is 2.29 bits per heavy atom. The highest BCUT2D eigenvalue weighted by atomic mass is 79.9. The number of pyridine rings is 1. The Bertz CT molecular complexity index is 1330. The molecule has 204 valence electrons. The van der Waals surface area contributed by atoms with Gasteiger partial charge < -0.3 is 19.9 Å². The molecular formula is C25H31BrF2N8O2. The SMILES string of the molecule is CC(C)(C)Nc1ncc(Br)cc1-c1nnnn1-c1ccc(N2CCN(C(=O)OC(C)(C)C)CC2)c(F)c1F. The number of nitrogens with zero attached hydrogens (tertiary/aromatic N) is 7. The zero-order chi connectivity index (χ0) is 27.8. The van der Waals surface area contributed by atoms with Crippen LogP contribution in [0.5, 0.6) is 0 Å². The molecule has 3 heterocycles. The Balaban J connectivity index is 1.60. The molecule has 2 aromatic heterocycles. The predicted octanol–water partition coefficient (Wildman–Crippen LogP) is 5.03. The number of anilines is 2. The molecule has 1 aliphatic heterocycles. The first-order valence-corrected chi connectivity index (χ1v) is 13.0. The van der Waals surface area contributed by atoms with E-state index in [9.17, 15) is 4.79 Å². The Labute approximate surface area is 228 Å². The van der Waals surface area contributed by atoms with Crippen LogP contribution in [0.2, 0.25) is 0 Å². The maximum absolute atomic E-state index is 15.5. The van der Waals surface area contributed by atoms with Crippen LogP contribution < -0.4 is 10.2 Å². The molecule has 0 atom stereocenters. The lowest BCUT2D eigenvalue weighted by Crippen LogP contribution is -2.50. The lowest BCUT2D eigenvalue weighted by molar-refractivity contribution is 0.0240. The van der Waals surface area contributed by atoms with Crippen molar-refractivity contribution in [3.05, 3.63) is 40.5 Å². The van der Waals surface area contributed by atoms with Crippen LogP contribution in [-0.2, 0) is 4.74 Å². The minimum absolute atomic E-state index is 0.101. The van der Waals surface area contributed by atoms with E-state index in [4.69, 9.17) is 4.74 Å². The van der Waals surface area contributed by atoms with Gasteiger partial charge in [-0.05, 0) is 86.1 Å². The standard InChI is InChI=1S/C25H31BrF2N8O2/c1-24(2,3)30-21-16(13-15(26)14-29-21)22-31-32-33-36(22)18-8-7-17(19(27)20(18)28)34-9-11-35(12-10-34)23(37)38-25(4,5)6/h7-8,13-14H,9-12H2,1-6H3,(H,29,30). The summed E-state index contributed by atoms with van der Waals surface area (Å²) in [6, 6.07) is 4.70. The molecule has 1 amide bonds. The van der Waals surface area contributed by atoms with Gasteiger partial charge in [0.2, 0.25) is 0 Å². The van der Waals surface area contributed by atoms with E-state index in [1.165, 1.54) is 12.1 Å². The van der Waals surface area contributed by atoms with Gasteiger partial charge in [-0.3, -0.25) is 0 Å². The van der Waals surface area contributed by atoms with Crippen molar-refractivity contribution in [1.82, 2.24) is 30.1 Å². The molecule has 10 nitrogen and oxygen atoms in total. The Hall–Kier alpha value is -3.35. The number of tetrazole rings is 1. The molecule has 0 unspecified atom stereocenters. The minimum atomic E-state index is -1.08. The van der Waals surface area contributed by atoms with Crippen LogP contribution in [0, 0.1) is 11.6 Å². The largest absolute Gasteiger partial charge is 0.444 e. The highest BCUT2D eigenvalue weighted by Gasteiger charge is 2.29. The highest BCUT2D eigenvalue weighted by molar-refractivity contribution is 9.10. The zero-order valence-corrected chi connectivity index (χ0v) is 23.8. The number of ether oxygens (including phenoxy) is 1. The van der Waals surface area contributed by atoms with Crippen LogP contribution in [0.4, 0.5) is 25.1 Å². The third-order valence-corrected chi connectivity index (χ3v) is 6.03. The molecule has 0 saturated carbocycles. The minimum Gasteiger partial charge on any atom is -0.444 e. The molecule has 13 heteroatoms. The second-order valence-electron chi connectivity index (χ2n) is 11.0. The summed E-state index contributed by atoms with van der Waals surface area (Å²) in [6.07, 6.45) is 1.20. The lowest BCUT2D eigenvalue weighted by atomic mass is 10.1. The first kappa shape index (κ1) is 27.7. The second kappa shape index (κ2) is 10.4. The van der Waals surface area contributed by atoms with Crippen molar-refractivity contribution in [2.45, 2.75) is 52.7 Å². The number of benzene rings is 1. The third kappa shape index (κ3) is 6.20. The van der Waals surface area contributed by atoms with Gasteiger partial charge in [0.1, 0.15) is 17.1 Å². The number of carbonyl (C=O) groups is 1. The fourth-order valence-corrected chi connectivity index (χ4v) is 4.31. The topological polar surface area (TPSA) is 101 Å². The summed E-state index contributed by atoms with van der Waals surface area (Å²) < 4.78 is 38.1. The van der Waals surface area contributed by atoms with E-state index in [1.807, 2.05) is 20.8 Å². The van der Waals surface area contributed by atoms with Crippen molar-refractivity contribution in [2.75, 3.05) is 36.4 Å². The van der Waals surface area contributed by atoms with Crippen molar-refractivity contribution in [2.24, 2.45) is 0 Å². The summed E-state index contributed by atoms with van der Waals surface area (Å²) in [6.45, 7) is 12.6. The van der Waals surface area contributed by atoms with Gasteiger partial charge in [-0.15, -0.1) is 5.10 Å². The lowest BCUT2D eigenvalue weighted by Gasteiger charge is -2.36. The number of amides is 1. The van der Waals surface area contributed by atoms with Crippen LogP contribution in [0.1, 0.15) is 41.5 Å². The Morgan fingerprint density at radius 1 is 1.03 bits per heavy atom. The van der Waals surface area contributed by atoms with E-state index in [1.54, 1.807) is 42.8 Å². The molecule has 1 saturated heterocycles. The number of hydrogen-bond acceptors (Lipinski definition) is 8. The fourth-order valence-electron chi connectivity index (χ4n) is 3.98. The number of hydrogen-bond donors (Lipinski definition) is 1. The van der Waals surface area contributed by atoms with Crippen molar-refractivity contribution < 1.29 is 18.3 Å². The molecule has 3 aromatic rings. The van der Waals surface area contributed by atoms with Crippen molar-refractivity contribution in [3.8, 4) is 17.1 Å². The first-order chi connectivity index (χ1) is 17.7. The normalized spacial score (nSPS) is 14.6. The second-order valence-corrected chi connectivity index (χ2v) is 11.9. The maximum atomic E-state index is 15.5. The van der Waals surface area contributed by atoms with Crippen LogP contribution >= 0.6 is 15.9 Å². The fraction of sp³-hybridized carbons (Fsp3) is 0.480. The number of nitrogens with one attached hydrogen (secondary N) is 1. The summed E-state index contributed by atoms with van der Waals surface area (Å²) in [7, 11) is 0. The van der Waals surface area contributed by atoms with E-state index in [2.05, 4.69) is 41.8 Å². The number of rotatable bonds is 4. The van der Waals surface area contributed by atoms with Crippen LogP contribution in [0.3, 0.4) is 0 Å². The summed E-state index contributed by atoms with van der Waals surface area (Å²) in [5.41, 5.74) is -0.449. The van der Waals surface area contributed by atoms with E-state index in [0.717, 1.165) is 4.68 Å². The van der Waals surface area contributed by atoms with Crippen molar-refractivity contribution in [3.63, 3.8) is 0 Å².